The van der Waals surface area contributed by atoms with Crippen molar-refractivity contribution >= 4 is 38.4 Å². The van der Waals surface area contributed by atoms with E-state index in [1.54, 1.807) is 6.07 Å². The van der Waals surface area contributed by atoms with E-state index in [1.165, 1.54) is 12.3 Å². The molecule has 8 nitrogen and oxygen atoms in total. The number of imidazole rings is 1. The maximum atomic E-state index is 10.9. The number of halogens is 1. The molecular formula is C15H9BrN6O2. The average molecular weight is 385 g/mol. The zero-order valence-electron chi connectivity index (χ0n) is 12.3. The van der Waals surface area contributed by atoms with Gasteiger partial charge in [0.05, 0.1) is 11.2 Å². The summed E-state index contributed by atoms with van der Waals surface area (Å²) in [6.07, 6.45) is 1.43. The van der Waals surface area contributed by atoms with E-state index >= 15 is 0 Å². The fourth-order valence-electron chi connectivity index (χ4n) is 2.58. The van der Waals surface area contributed by atoms with Gasteiger partial charge in [0.2, 0.25) is 0 Å². The topological polar surface area (TPSA) is 99.1 Å². The average Bonchev–Trinajstić information content (AvgIpc) is 2.89. The van der Waals surface area contributed by atoms with Crippen molar-refractivity contribution in [1.82, 2.24) is 24.6 Å². The number of aromatic nitrogens is 5. The van der Waals surface area contributed by atoms with E-state index in [1.807, 2.05) is 29.5 Å². The summed E-state index contributed by atoms with van der Waals surface area (Å²) < 4.78 is 2.49. The van der Waals surface area contributed by atoms with E-state index in [9.17, 15) is 10.1 Å². The SMILES string of the molecule is Cc1nc(Br)n2c1nnc1ccc(-c3ccnc([N+](=O)[O-])c3)cc12. The highest BCUT2D eigenvalue weighted by Gasteiger charge is 2.13. The van der Waals surface area contributed by atoms with Crippen LogP contribution in [0.5, 0.6) is 0 Å². The predicted octanol–water partition coefficient (Wildman–Crippen LogP) is 3.32. The van der Waals surface area contributed by atoms with Crippen molar-refractivity contribution in [3.8, 4) is 11.1 Å². The molecular weight excluding hydrogens is 376 g/mol. The van der Waals surface area contributed by atoms with Gasteiger partial charge in [-0.15, -0.1) is 10.2 Å². The molecule has 0 unspecified atom stereocenters. The molecule has 0 aliphatic heterocycles. The highest BCUT2D eigenvalue weighted by molar-refractivity contribution is 9.10. The van der Waals surface area contributed by atoms with Gasteiger partial charge in [-0.25, -0.2) is 4.98 Å². The van der Waals surface area contributed by atoms with E-state index < -0.39 is 4.92 Å². The van der Waals surface area contributed by atoms with Crippen LogP contribution in [-0.4, -0.2) is 29.5 Å². The Bertz CT molecular complexity index is 1120. The monoisotopic (exact) mass is 384 g/mol. The molecule has 4 aromatic rings. The first kappa shape index (κ1) is 14.6. The Kier molecular flexibility index (Phi) is 3.24. The maximum Gasteiger partial charge on any atom is 0.364 e. The van der Waals surface area contributed by atoms with Crippen LogP contribution in [0.15, 0.2) is 41.3 Å². The van der Waals surface area contributed by atoms with Crippen molar-refractivity contribution in [1.29, 1.82) is 0 Å². The third-order valence-electron chi connectivity index (χ3n) is 3.71. The number of benzene rings is 1. The lowest BCUT2D eigenvalue weighted by molar-refractivity contribution is -0.389. The Labute approximate surface area is 143 Å². The molecule has 0 aliphatic carbocycles. The van der Waals surface area contributed by atoms with Crippen molar-refractivity contribution in [2.75, 3.05) is 0 Å². The fraction of sp³-hybridized carbons (Fsp3) is 0.0667. The zero-order chi connectivity index (χ0) is 16.8. The van der Waals surface area contributed by atoms with Gasteiger partial charge in [-0.2, -0.15) is 0 Å². The lowest BCUT2D eigenvalue weighted by Gasteiger charge is -2.05. The van der Waals surface area contributed by atoms with Crippen LogP contribution in [0.4, 0.5) is 5.82 Å². The number of hydrogen-bond donors (Lipinski definition) is 0. The smallest absolute Gasteiger partial charge is 0.358 e. The maximum absolute atomic E-state index is 10.9. The molecule has 0 fully saturated rings. The molecule has 0 saturated heterocycles. The molecule has 24 heavy (non-hydrogen) atoms. The molecule has 3 aromatic heterocycles. The van der Waals surface area contributed by atoms with Crippen LogP contribution in [0.1, 0.15) is 5.69 Å². The van der Waals surface area contributed by atoms with Crippen molar-refractivity contribution in [2.24, 2.45) is 0 Å². The molecule has 118 valence electrons. The summed E-state index contributed by atoms with van der Waals surface area (Å²) in [6.45, 7) is 1.86. The van der Waals surface area contributed by atoms with Crippen molar-refractivity contribution in [3.05, 3.63) is 57.1 Å². The number of pyridine rings is 1. The van der Waals surface area contributed by atoms with Crippen molar-refractivity contribution in [2.45, 2.75) is 6.92 Å². The first-order chi connectivity index (χ1) is 11.5. The van der Waals surface area contributed by atoms with Gasteiger partial charge >= 0.3 is 5.82 Å². The van der Waals surface area contributed by atoms with Gasteiger partial charge in [0, 0.05) is 6.07 Å². The minimum Gasteiger partial charge on any atom is -0.358 e. The molecule has 0 spiro atoms. The van der Waals surface area contributed by atoms with Crippen molar-refractivity contribution < 1.29 is 4.92 Å². The molecule has 9 heteroatoms. The molecule has 1 aromatic carbocycles. The van der Waals surface area contributed by atoms with Crippen LogP contribution in [0.25, 0.3) is 27.8 Å². The highest BCUT2D eigenvalue weighted by atomic mass is 79.9. The van der Waals surface area contributed by atoms with Crippen LogP contribution in [0, 0.1) is 17.0 Å². The third-order valence-corrected chi connectivity index (χ3v) is 4.25. The molecule has 0 atom stereocenters. The summed E-state index contributed by atoms with van der Waals surface area (Å²) in [5, 5.41) is 19.3. The van der Waals surface area contributed by atoms with Crippen LogP contribution in [-0.2, 0) is 0 Å². The number of nitrogens with zero attached hydrogens (tertiary/aromatic N) is 6. The van der Waals surface area contributed by atoms with Gasteiger partial charge in [-0.1, -0.05) is 6.07 Å². The van der Waals surface area contributed by atoms with Crippen LogP contribution in [0.2, 0.25) is 0 Å². The Morgan fingerprint density at radius 2 is 1.96 bits per heavy atom. The Hall–Kier alpha value is -2.94. The minimum atomic E-state index is -0.510. The lowest BCUT2D eigenvalue weighted by atomic mass is 10.1. The number of aryl methyl sites for hydroxylation is 1. The Balaban J connectivity index is 1.99. The minimum absolute atomic E-state index is 0.190. The predicted molar refractivity (Wildman–Crippen MR) is 90.6 cm³/mol. The quantitative estimate of drug-likeness (QED) is 0.388. The Morgan fingerprint density at radius 3 is 2.75 bits per heavy atom. The summed E-state index contributed by atoms with van der Waals surface area (Å²) in [6, 6.07) is 8.75. The van der Waals surface area contributed by atoms with E-state index in [0.29, 0.717) is 21.5 Å². The third kappa shape index (κ3) is 2.21. The van der Waals surface area contributed by atoms with E-state index in [0.717, 1.165) is 16.8 Å². The van der Waals surface area contributed by atoms with Gasteiger partial charge < -0.3 is 10.1 Å². The first-order valence-corrected chi connectivity index (χ1v) is 7.76. The number of fused-ring (bicyclic) bond motifs is 3. The molecule has 3 heterocycles. The number of rotatable bonds is 2. The van der Waals surface area contributed by atoms with Gasteiger partial charge in [0.1, 0.15) is 11.7 Å². The highest BCUT2D eigenvalue weighted by Crippen LogP contribution is 2.27. The second kappa shape index (κ2) is 5.31. The first-order valence-electron chi connectivity index (χ1n) is 6.96. The van der Waals surface area contributed by atoms with Gasteiger partial charge in [-0.3, -0.25) is 4.40 Å². The summed E-state index contributed by atoms with van der Waals surface area (Å²) in [5.41, 5.74) is 4.46. The number of hydrogen-bond acceptors (Lipinski definition) is 6. The van der Waals surface area contributed by atoms with Gasteiger partial charge in [0.15, 0.2) is 10.4 Å². The van der Waals surface area contributed by atoms with Crippen LogP contribution < -0.4 is 0 Å². The second-order valence-electron chi connectivity index (χ2n) is 5.19. The van der Waals surface area contributed by atoms with Crippen LogP contribution >= 0.6 is 15.9 Å². The summed E-state index contributed by atoms with van der Waals surface area (Å²) in [5.74, 6) is -0.190. The van der Waals surface area contributed by atoms with E-state index in [-0.39, 0.29) is 5.82 Å². The van der Waals surface area contributed by atoms with E-state index in [4.69, 9.17) is 0 Å². The largest absolute Gasteiger partial charge is 0.364 e. The molecule has 0 radical (unpaired) electrons. The Morgan fingerprint density at radius 1 is 1.17 bits per heavy atom. The zero-order valence-corrected chi connectivity index (χ0v) is 13.9. The second-order valence-corrected chi connectivity index (χ2v) is 5.90. The standard InChI is InChI=1S/C15H9BrN6O2/c1-8-14-20-19-11-3-2-9(6-12(11)21(14)15(16)18-8)10-4-5-17-13(7-10)22(23)24/h2-7H,1H3. The fourth-order valence-corrected chi connectivity index (χ4v) is 3.21. The summed E-state index contributed by atoms with van der Waals surface area (Å²) in [4.78, 5) is 18.5. The molecule has 0 aliphatic rings. The molecule has 4 rings (SSSR count). The van der Waals surface area contributed by atoms with Gasteiger partial charge in [0.25, 0.3) is 0 Å². The van der Waals surface area contributed by atoms with Gasteiger partial charge in [-0.05, 0) is 62.1 Å². The summed E-state index contributed by atoms with van der Waals surface area (Å²) >= 11 is 3.44. The molecule has 0 bridgehead atoms. The lowest BCUT2D eigenvalue weighted by Crippen LogP contribution is -1.96. The van der Waals surface area contributed by atoms with Crippen LogP contribution in [0.3, 0.4) is 0 Å². The number of nitro groups is 1. The normalized spacial score (nSPS) is 11.2. The summed E-state index contributed by atoms with van der Waals surface area (Å²) in [7, 11) is 0. The van der Waals surface area contributed by atoms with Crippen molar-refractivity contribution in [3.63, 3.8) is 0 Å². The molecule has 0 amide bonds. The van der Waals surface area contributed by atoms with E-state index in [2.05, 4.69) is 36.1 Å². The molecule has 0 N–H and O–H groups in total. The molecule has 0 saturated carbocycles.